The van der Waals surface area contributed by atoms with Crippen molar-refractivity contribution in [3.8, 4) is 5.75 Å². The fraction of sp³-hybridized carbons (Fsp3) is 0.200. The molecule has 0 aromatic heterocycles. The standard InChI is InChI=1S/C15H13Cl2NO2/c1-15(2)8-5-3-4-6-10(8)18(20)11-7-9(16)14(19)13(17)12(11)15/h3-7,19-20H,1-2H3/p-1. The van der Waals surface area contributed by atoms with Crippen molar-refractivity contribution in [1.82, 2.24) is 0 Å². The number of hydrogen-bond donors (Lipinski definition) is 1. The van der Waals surface area contributed by atoms with Crippen molar-refractivity contribution >= 4 is 34.6 Å². The summed E-state index contributed by atoms with van der Waals surface area (Å²) in [7, 11) is 0. The lowest BCUT2D eigenvalue weighted by molar-refractivity contribution is -0.268. The number of hydrogen-bond acceptors (Lipinski definition) is 3. The molecular formula is C15H12Cl2NO2-. The summed E-state index contributed by atoms with van der Waals surface area (Å²) < 4.78 is 0. The van der Waals surface area contributed by atoms with Gasteiger partial charge in [0.15, 0.2) is 0 Å². The summed E-state index contributed by atoms with van der Waals surface area (Å²) in [4.78, 5) is 0. The predicted molar refractivity (Wildman–Crippen MR) is 78.4 cm³/mol. The van der Waals surface area contributed by atoms with E-state index >= 15 is 0 Å². The molecular weight excluding hydrogens is 297 g/mol. The lowest BCUT2D eigenvalue weighted by atomic mass is 9.74. The topological polar surface area (TPSA) is 46.5 Å². The van der Waals surface area contributed by atoms with E-state index in [2.05, 4.69) is 0 Å². The number of rotatable bonds is 0. The van der Waals surface area contributed by atoms with Crippen LogP contribution in [0.1, 0.15) is 25.0 Å². The van der Waals surface area contributed by atoms with Crippen LogP contribution in [0.25, 0.3) is 0 Å². The molecule has 0 saturated carbocycles. The van der Waals surface area contributed by atoms with Crippen molar-refractivity contribution in [2.75, 3.05) is 5.06 Å². The summed E-state index contributed by atoms with van der Waals surface area (Å²) in [5.41, 5.74) is 2.11. The van der Waals surface area contributed by atoms with Crippen molar-refractivity contribution in [3.63, 3.8) is 0 Å². The molecule has 3 rings (SSSR count). The molecule has 5 heteroatoms. The van der Waals surface area contributed by atoms with Gasteiger partial charge in [0.25, 0.3) is 0 Å². The maximum Gasteiger partial charge on any atom is 0.0763 e. The number of benzene rings is 2. The zero-order valence-electron chi connectivity index (χ0n) is 10.9. The van der Waals surface area contributed by atoms with Gasteiger partial charge in [-0.15, -0.1) is 0 Å². The third kappa shape index (κ3) is 1.64. The van der Waals surface area contributed by atoms with Crippen molar-refractivity contribution < 1.29 is 10.3 Å². The van der Waals surface area contributed by atoms with E-state index in [0.29, 0.717) is 16.9 Å². The smallest absolute Gasteiger partial charge is 0.0763 e. The van der Waals surface area contributed by atoms with E-state index in [9.17, 15) is 10.3 Å². The fourth-order valence-corrected chi connectivity index (χ4v) is 3.48. The van der Waals surface area contributed by atoms with Crippen molar-refractivity contribution in [1.29, 1.82) is 0 Å². The van der Waals surface area contributed by atoms with Gasteiger partial charge in [0.2, 0.25) is 0 Å². The summed E-state index contributed by atoms with van der Waals surface area (Å²) in [5, 5.41) is 23.5. The molecule has 2 aromatic carbocycles. The van der Waals surface area contributed by atoms with Gasteiger partial charge >= 0.3 is 0 Å². The maximum absolute atomic E-state index is 12.0. The van der Waals surface area contributed by atoms with Crippen LogP contribution in [0.4, 0.5) is 11.4 Å². The Morgan fingerprint density at radius 2 is 1.80 bits per heavy atom. The molecule has 104 valence electrons. The average Bonchev–Trinajstić information content (AvgIpc) is 2.42. The van der Waals surface area contributed by atoms with Gasteiger partial charge in [-0.3, -0.25) is 5.21 Å². The Morgan fingerprint density at radius 1 is 1.15 bits per heavy atom. The third-order valence-corrected chi connectivity index (χ3v) is 4.46. The second kappa shape index (κ2) is 4.29. The quantitative estimate of drug-likeness (QED) is 0.792. The molecule has 0 aliphatic carbocycles. The van der Waals surface area contributed by atoms with E-state index < -0.39 is 11.2 Å². The van der Waals surface area contributed by atoms with Crippen molar-refractivity contribution in [2.24, 2.45) is 0 Å². The zero-order valence-corrected chi connectivity index (χ0v) is 12.5. The van der Waals surface area contributed by atoms with Crippen LogP contribution in [-0.2, 0) is 5.41 Å². The van der Waals surface area contributed by atoms with E-state index in [1.807, 2.05) is 38.1 Å². The highest BCUT2D eigenvalue weighted by atomic mass is 35.5. The van der Waals surface area contributed by atoms with Gasteiger partial charge in [0.1, 0.15) is 0 Å². The first kappa shape index (κ1) is 13.6. The molecule has 1 aliphatic rings. The number of para-hydroxylation sites is 1. The van der Waals surface area contributed by atoms with Gasteiger partial charge in [-0.1, -0.05) is 61.0 Å². The Bertz CT molecular complexity index is 713. The molecule has 0 amide bonds. The lowest BCUT2D eigenvalue weighted by Gasteiger charge is -2.40. The van der Waals surface area contributed by atoms with E-state index in [1.165, 1.54) is 6.07 Å². The van der Waals surface area contributed by atoms with Gasteiger partial charge in [-0.05, 0) is 17.7 Å². The van der Waals surface area contributed by atoms with Gasteiger partial charge in [0.05, 0.1) is 11.4 Å². The van der Waals surface area contributed by atoms with Crippen LogP contribution in [0, 0.1) is 0 Å². The number of fused-ring (bicyclic) bond motifs is 2. The molecule has 0 spiro atoms. The molecule has 1 heterocycles. The molecule has 20 heavy (non-hydrogen) atoms. The van der Waals surface area contributed by atoms with Crippen LogP contribution < -0.4 is 10.2 Å². The summed E-state index contributed by atoms with van der Waals surface area (Å²) in [6.45, 7) is 3.94. The molecule has 1 aliphatic heterocycles. The predicted octanol–water partition coefficient (Wildman–Crippen LogP) is 4.23. The van der Waals surface area contributed by atoms with Crippen LogP contribution in [0.3, 0.4) is 0 Å². The first-order valence-corrected chi connectivity index (χ1v) is 6.89. The minimum atomic E-state index is -0.494. The number of halogens is 2. The average molecular weight is 309 g/mol. The molecule has 0 unspecified atom stereocenters. The van der Waals surface area contributed by atoms with Gasteiger partial charge in [-0.25, -0.2) is 5.06 Å². The first-order valence-electron chi connectivity index (χ1n) is 6.13. The molecule has 0 fully saturated rings. The Hall–Kier alpha value is -1.42. The van der Waals surface area contributed by atoms with Crippen molar-refractivity contribution in [3.05, 3.63) is 51.5 Å². The van der Waals surface area contributed by atoms with Gasteiger partial charge in [-0.2, -0.15) is 0 Å². The Labute approximate surface area is 126 Å². The van der Waals surface area contributed by atoms with Gasteiger partial charge < -0.3 is 5.11 Å². The molecule has 1 N–H and O–H groups in total. The Morgan fingerprint density at radius 3 is 2.50 bits per heavy atom. The van der Waals surface area contributed by atoms with Crippen LogP contribution in [0.2, 0.25) is 10.0 Å². The van der Waals surface area contributed by atoms with Gasteiger partial charge in [0, 0.05) is 21.0 Å². The molecule has 0 saturated heterocycles. The highest BCUT2D eigenvalue weighted by Crippen LogP contribution is 2.53. The minimum Gasteiger partial charge on any atom is -0.870 e. The first-order chi connectivity index (χ1) is 9.35. The molecule has 3 nitrogen and oxygen atoms in total. The lowest BCUT2D eigenvalue weighted by Crippen LogP contribution is -2.31. The third-order valence-electron chi connectivity index (χ3n) is 3.81. The van der Waals surface area contributed by atoms with Crippen LogP contribution in [-0.4, -0.2) is 5.21 Å². The summed E-state index contributed by atoms with van der Waals surface area (Å²) >= 11 is 12.1. The Kier molecular flexibility index (Phi) is 2.91. The maximum atomic E-state index is 12.0. The highest BCUT2D eigenvalue weighted by Gasteiger charge is 2.38. The van der Waals surface area contributed by atoms with E-state index in [4.69, 9.17) is 23.2 Å². The highest BCUT2D eigenvalue weighted by molar-refractivity contribution is 6.38. The number of anilines is 2. The molecule has 2 aromatic rings. The fourth-order valence-electron chi connectivity index (χ4n) is 2.80. The second-order valence-electron chi connectivity index (χ2n) is 5.35. The normalized spacial score (nSPS) is 15.8. The van der Waals surface area contributed by atoms with Crippen molar-refractivity contribution in [2.45, 2.75) is 19.3 Å². The minimum absolute atomic E-state index is 0.00276. The van der Waals surface area contributed by atoms with Crippen LogP contribution in [0.15, 0.2) is 30.3 Å². The second-order valence-corrected chi connectivity index (χ2v) is 6.13. The van der Waals surface area contributed by atoms with E-state index in [0.717, 1.165) is 10.6 Å². The number of nitrogens with zero attached hydrogens (tertiary/aromatic N) is 1. The Balaban J connectivity index is 2.41. The monoisotopic (exact) mass is 308 g/mol. The summed E-state index contributed by atoms with van der Waals surface area (Å²) in [6, 6.07) is 8.92. The van der Waals surface area contributed by atoms with Crippen LogP contribution in [0.5, 0.6) is 5.75 Å². The molecule has 0 bridgehead atoms. The van der Waals surface area contributed by atoms with E-state index in [-0.39, 0.29) is 10.0 Å². The molecule has 0 radical (unpaired) electrons. The van der Waals surface area contributed by atoms with Crippen LogP contribution >= 0.6 is 23.2 Å². The SMILES string of the molecule is CC1(C)c2ccccc2N(O)c2cc(Cl)c([O-])c(Cl)c21. The summed E-state index contributed by atoms with van der Waals surface area (Å²) in [6.07, 6.45) is 0. The molecule has 0 atom stereocenters. The largest absolute Gasteiger partial charge is 0.870 e. The summed E-state index contributed by atoms with van der Waals surface area (Å²) in [5.74, 6) is -0.409. The van der Waals surface area contributed by atoms with E-state index in [1.54, 1.807) is 0 Å². The zero-order chi connectivity index (χ0) is 14.7.